The van der Waals surface area contributed by atoms with Gasteiger partial charge in [0.2, 0.25) is 5.89 Å². The van der Waals surface area contributed by atoms with Crippen LogP contribution < -0.4 is 5.73 Å². The zero-order valence-corrected chi connectivity index (χ0v) is 11.6. The zero-order chi connectivity index (χ0) is 13.6. The Balaban J connectivity index is 1.90. The van der Waals surface area contributed by atoms with Crippen molar-refractivity contribution in [3.05, 3.63) is 41.5 Å². The van der Waals surface area contributed by atoms with Gasteiger partial charge in [-0.3, -0.25) is 0 Å². The van der Waals surface area contributed by atoms with Crippen LogP contribution >= 0.6 is 0 Å². The maximum atomic E-state index is 5.72. The molecule has 3 rings (SSSR count). The maximum Gasteiger partial charge on any atom is 0.236 e. The molecule has 2 aromatic rings. The molecule has 0 amide bonds. The van der Waals surface area contributed by atoms with E-state index in [9.17, 15) is 0 Å². The summed E-state index contributed by atoms with van der Waals surface area (Å²) in [5.41, 5.74) is 7.32. The van der Waals surface area contributed by atoms with E-state index in [-0.39, 0.29) is 5.41 Å². The minimum Gasteiger partial charge on any atom is -0.399 e. The van der Waals surface area contributed by atoms with Crippen molar-refractivity contribution >= 4 is 5.69 Å². The summed E-state index contributed by atoms with van der Waals surface area (Å²) in [7, 11) is 0. The van der Waals surface area contributed by atoms with Crippen LogP contribution in [0.5, 0.6) is 0 Å². The summed E-state index contributed by atoms with van der Waals surface area (Å²) < 4.78 is 5.47. The molecule has 1 aromatic heterocycles. The lowest BCUT2D eigenvalue weighted by Gasteiger charge is -2.20. The molecule has 4 heteroatoms. The monoisotopic (exact) mass is 257 g/mol. The molecule has 1 aliphatic rings. The predicted octanol–water partition coefficient (Wildman–Crippen LogP) is 3.10. The molecule has 4 nitrogen and oxygen atoms in total. The van der Waals surface area contributed by atoms with E-state index >= 15 is 0 Å². The summed E-state index contributed by atoms with van der Waals surface area (Å²) in [6.45, 7) is 6.39. The Morgan fingerprint density at radius 1 is 1.26 bits per heavy atom. The number of nitrogen functional groups attached to an aromatic ring is 1. The van der Waals surface area contributed by atoms with E-state index in [0.717, 1.165) is 17.1 Å². The Kier molecular flexibility index (Phi) is 2.62. The molecular formula is C15H19N3O. The first kappa shape index (κ1) is 12.2. The van der Waals surface area contributed by atoms with Crippen LogP contribution in [0.15, 0.2) is 28.8 Å². The summed E-state index contributed by atoms with van der Waals surface area (Å²) in [6.07, 6.45) is 1.17. The number of hydrogen-bond acceptors (Lipinski definition) is 4. The number of rotatable bonds is 3. The third-order valence-corrected chi connectivity index (χ3v) is 4.05. The van der Waals surface area contributed by atoms with Crippen LogP contribution in [0.1, 0.15) is 50.4 Å². The Morgan fingerprint density at radius 2 is 1.89 bits per heavy atom. The first-order valence-corrected chi connectivity index (χ1v) is 6.68. The Morgan fingerprint density at radius 3 is 2.47 bits per heavy atom. The molecule has 0 aliphatic heterocycles. The standard InChI is InChI=1S/C15H19N3O/c1-9-8-12(9)13-17-14(19-18-13)15(2,3)10-4-6-11(16)7-5-10/h4-7,9,12H,8,16H2,1-3H3. The van der Waals surface area contributed by atoms with Crippen LogP contribution in [-0.2, 0) is 5.41 Å². The van der Waals surface area contributed by atoms with Gasteiger partial charge in [-0.15, -0.1) is 0 Å². The van der Waals surface area contributed by atoms with Crippen LogP contribution in [0, 0.1) is 5.92 Å². The first-order chi connectivity index (χ1) is 8.98. The van der Waals surface area contributed by atoms with Crippen LogP contribution in [0.4, 0.5) is 5.69 Å². The highest BCUT2D eigenvalue weighted by Crippen LogP contribution is 2.46. The molecule has 1 saturated carbocycles. The van der Waals surface area contributed by atoms with E-state index in [4.69, 9.17) is 10.3 Å². The third-order valence-electron chi connectivity index (χ3n) is 4.05. The number of nitrogens with two attached hydrogens (primary N) is 1. The van der Waals surface area contributed by atoms with Crippen molar-refractivity contribution in [1.29, 1.82) is 0 Å². The largest absolute Gasteiger partial charge is 0.399 e. The lowest BCUT2D eigenvalue weighted by molar-refractivity contribution is 0.329. The molecule has 0 spiro atoms. The maximum absolute atomic E-state index is 5.72. The van der Waals surface area contributed by atoms with Crippen LogP contribution in [0.3, 0.4) is 0 Å². The van der Waals surface area contributed by atoms with Gasteiger partial charge in [-0.1, -0.05) is 24.2 Å². The second kappa shape index (κ2) is 4.08. The van der Waals surface area contributed by atoms with Gasteiger partial charge in [0.15, 0.2) is 5.82 Å². The van der Waals surface area contributed by atoms with Gasteiger partial charge in [0.05, 0.1) is 5.41 Å². The smallest absolute Gasteiger partial charge is 0.236 e. The van der Waals surface area contributed by atoms with Gasteiger partial charge < -0.3 is 10.3 Å². The normalized spacial score (nSPS) is 22.5. The van der Waals surface area contributed by atoms with E-state index in [1.54, 1.807) is 0 Å². The Hall–Kier alpha value is -1.84. The van der Waals surface area contributed by atoms with Crippen LogP contribution in [0.2, 0.25) is 0 Å². The van der Waals surface area contributed by atoms with E-state index < -0.39 is 0 Å². The second-order valence-corrected chi connectivity index (χ2v) is 6.02. The molecule has 19 heavy (non-hydrogen) atoms. The van der Waals surface area contributed by atoms with Crippen LogP contribution in [-0.4, -0.2) is 10.1 Å². The highest BCUT2D eigenvalue weighted by molar-refractivity contribution is 5.42. The average molecular weight is 257 g/mol. The molecule has 0 saturated heterocycles. The van der Waals surface area contributed by atoms with Crippen molar-refractivity contribution in [3.63, 3.8) is 0 Å². The van der Waals surface area contributed by atoms with Crippen molar-refractivity contribution in [1.82, 2.24) is 10.1 Å². The van der Waals surface area contributed by atoms with E-state index in [1.165, 1.54) is 6.42 Å². The van der Waals surface area contributed by atoms with Crippen molar-refractivity contribution < 1.29 is 4.52 Å². The minimum absolute atomic E-state index is 0.295. The zero-order valence-electron chi connectivity index (χ0n) is 11.6. The summed E-state index contributed by atoms with van der Waals surface area (Å²) in [4.78, 5) is 4.58. The van der Waals surface area contributed by atoms with Gasteiger partial charge >= 0.3 is 0 Å². The molecule has 2 atom stereocenters. The highest BCUT2D eigenvalue weighted by Gasteiger charge is 2.39. The fraction of sp³-hybridized carbons (Fsp3) is 0.467. The van der Waals surface area contributed by atoms with Crippen molar-refractivity contribution in [2.45, 2.75) is 38.5 Å². The molecular weight excluding hydrogens is 238 g/mol. The second-order valence-electron chi connectivity index (χ2n) is 6.02. The molecule has 1 fully saturated rings. The topological polar surface area (TPSA) is 64.9 Å². The molecule has 1 aromatic carbocycles. The Bertz CT molecular complexity index is 586. The van der Waals surface area contributed by atoms with Gasteiger partial charge in [0.1, 0.15) is 0 Å². The van der Waals surface area contributed by atoms with E-state index in [1.807, 2.05) is 24.3 Å². The van der Waals surface area contributed by atoms with Gasteiger partial charge in [-0.2, -0.15) is 4.98 Å². The van der Waals surface area contributed by atoms with Crippen LogP contribution in [0.25, 0.3) is 0 Å². The SMILES string of the molecule is CC1CC1c1noc(C(C)(C)c2ccc(N)cc2)n1. The fourth-order valence-electron chi connectivity index (χ4n) is 2.34. The third kappa shape index (κ3) is 2.11. The van der Waals surface area contributed by atoms with Crippen molar-refractivity contribution in [2.75, 3.05) is 5.73 Å². The highest BCUT2D eigenvalue weighted by atomic mass is 16.5. The average Bonchev–Trinajstić information content (AvgIpc) is 2.92. The molecule has 0 radical (unpaired) electrons. The Labute approximate surface area is 113 Å². The molecule has 0 bridgehead atoms. The lowest BCUT2D eigenvalue weighted by atomic mass is 9.84. The van der Waals surface area contributed by atoms with Crippen molar-refractivity contribution in [3.8, 4) is 0 Å². The molecule has 2 N–H and O–H groups in total. The molecule has 2 unspecified atom stereocenters. The number of anilines is 1. The van der Waals surface area contributed by atoms with E-state index in [0.29, 0.717) is 17.7 Å². The molecule has 1 aliphatic carbocycles. The lowest BCUT2D eigenvalue weighted by Crippen LogP contribution is -2.19. The molecule has 1 heterocycles. The fourth-order valence-corrected chi connectivity index (χ4v) is 2.34. The summed E-state index contributed by atoms with van der Waals surface area (Å²) >= 11 is 0. The first-order valence-electron chi connectivity index (χ1n) is 6.68. The quantitative estimate of drug-likeness (QED) is 0.858. The summed E-state index contributed by atoms with van der Waals surface area (Å²) in [5, 5.41) is 4.13. The van der Waals surface area contributed by atoms with Gasteiger partial charge in [-0.25, -0.2) is 0 Å². The number of aromatic nitrogens is 2. The molecule has 100 valence electrons. The van der Waals surface area contributed by atoms with Gasteiger partial charge in [-0.05, 0) is 43.9 Å². The minimum atomic E-state index is -0.295. The van der Waals surface area contributed by atoms with Gasteiger partial charge in [0, 0.05) is 11.6 Å². The summed E-state index contributed by atoms with van der Waals surface area (Å²) in [5.74, 6) is 2.70. The predicted molar refractivity (Wildman–Crippen MR) is 73.8 cm³/mol. The number of nitrogens with zero attached hydrogens (tertiary/aromatic N) is 2. The number of hydrogen-bond donors (Lipinski definition) is 1. The number of benzene rings is 1. The van der Waals surface area contributed by atoms with Gasteiger partial charge in [0.25, 0.3) is 0 Å². The van der Waals surface area contributed by atoms with E-state index in [2.05, 4.69) is 30.9 Å². The van der Waals surface area contributed by atoms with Crippen molar-refractivity contribution in [2.24, 2.45) is 5.92 Å². The summed E-state index contributed by atoms with van der Waals surface area (Å²) in [6, 6.07) is 7.83.